The predicted molar refractivity (Wildman–Crippen MR) is 55.8 cm³/mol. The van der Waals surface area contributed by atoms with Gasteiger partial charge in [-0.2, -0.15) is 0 Å². The van der Waals surface area contributed by atoms with Crippen molar-refractivity contribution >= 4 is 0 Å². The molecule has 0 unspecified atom stereocenters. The fourth-order valence-electron chi connectivity index (χ4n) is 3.22. The Balaban J connectivity index is 4.77. The Bertz CT molecular complexity index is 103. The van der Waals surface area contributed by atoms with E-state index in [4.69, 9.17) is 0 Å². The number of hydrogen-bond acceptors (Lipinski definition) is 0. The molecule has 12 heavy (non-hydrogen) atoms. The molecule has 74 valence electrons. The van der Waals surface area contributed by atoms with E-state index in [1.807, 2.05) is 0 Å². The Morgan fingerprint density at radius 2 is 1.00 bits per heavy atom. The van der Waals surface area contributed by atoms with Crippen LogP contribution in [0.15, 0.2) is 0 Å². The summed E-state index contributed by atoms with van der Waals surface area (Å²) < 4.78 is 4.44. The molecule has 0 heterocycles. The zero-order valence-corrected chi connectivity index (χ0v) is 11.5. The fourth-order valence-corrected chi connectivity index (χ4v) is 13.3. The van der Waals surface area contributed by atoms with E-state index in [2.05, 4.69) is 48.5 Å². The molecule has 0 aliphatic heterocycles. The van der Waals surface area contributed by atoms with Gasteiger partial charge in [0.25, 0.3) is 0 Å². The van der Waals surface area contributed by atoms with Crippen molar-refractivity contribution in [2.24, 2.45) is 0 Å². The molecule has 0 N–H and O–H groups in total. The summed E-state index contributed by atoms with van der Waals surface area (Å²) in [5, 5.41) is 0. The van der Waals surface area contributed by atoms with Gasteiger partial charge in [0.1, 0.15) is 0 Å². The first-order valence-electron chi connectivity index (χ1n) is 5.39. The van der Waals surface area contributed by atoms with E-state index in [0.29, 0.717) is 0 Å². The van der Waals surface area contributed by atoms with E-state index < -0.39 is 16.6 Å². The van der Waals surface area contributed by atoms with Crippen LogP contribution in [0.2, 0.25) is 17.4 Å². The molecule has 0 fully saturated rings. The maximum atomic E-state index is 2.45. The van der Waals surface area contributed by atoms with E-state index in [0.717, 1.165) is 12.7 Å². The summed E-state index contributed by atoms with van der Waals surface area (Å²) in [5.74, 6) is 0. The first-order valence-corrected chi connectivity index (χ1v) is 9.20. The second kappa shape index (κ2) is 4.81. The molecule has 0 spiro atoms. The van der Waals surface area contributed by atoms with Crippen LogP contribution in [0.3, 0.4) is 0 Å². The number of hydrogen-bond donors (Lipinski definition) is 0. The van der Waals surface area contributed by atoms with Crippen LogP contribution in [0.1, 0.15) is 48.5 Å². The van der Waals surface area contributed by atoms with Gasteiger partial charge < -0.3 is 0 Å². The van der Waals surface area contributed by atoms with Crippen LogP contribution < -0.4 is 0 Å². The van der Waals surface area contributed by atoms with Gasteiger partial charge in [0, 0.05) is 0 Å². The molecule has 0 aromatic rings. The second-order valence-electron chi connectivity index (χ2n) is 4.93. The third-order valence-corrected chi connectivity index (χ3v) is 15.8. The molecule has 0 amide bonds. The zero-order chi connectivity index (χ0) is 9.94. The molecule has 0 rings (SSSR count). The SMILES string of the molecule is C[CH2][Ti]([CH](C)C)([CH](C)C)[CH](C)C. The molecule has 0 bridgehead atoms. The molecule has 0 saturated carbocycles. The molecule has 0 aliphatic rings. The van der Waals surface area contributed by atoms with Gasteiger partial charge in [-0.1, -0.05) is 0 Å². The van der Waals surface area contributed by atoms with Crippen molar-refractivity contribution in [3.05, 3.63) is 0 Å². The fraction of sp³-hybridized carbons (Fsp3) is 1.00. The molecular weight excluding hydrogens is 180 g/mol. The molecule has 0 aromatic carbocycles. The first kappa shape index (κ1) is 12.7. The molecule has 0 aliphatic carbocycles. The van der Waals surface area contributed by atoms with Crippen molar-refractivity contribution in [3.8, 4) is 0 Å². The first-order chi connectivity index (χ1) is 5.39. The van der Waals surface area contributed by atoms with Gasteiger partial charge >= 0.3 is 82.4 Å². The van der Waals surface area contributed by atoms with Gasteiger partial charge in [0.2, 0.25) is 0 Å². The van der Waals surface area contributed by atoms with Gasteiger partial charge in [0.15, 0.2) is 0 Å². The minimum atomic E-state index is -1.54. The summed E-state index contributed by atoms with van der Waals surface area (Å²) in [5.41, 5.74) is 0. The van der Waals surface area contributed by atoms with Crippen molar-refractivity contribution in [3.63, 3.8) is 0 Å². The van der Waals surface area contributed by atoms with Crippen molar-refractivity contribution in [2.45, 2.75) is 65.9 Å². The third kappa shape index (κ3) is 2.14. The normalized spacial score (nSPS) is 13.5. The molecule has 0 radical (unpaired) electrons. The van der Waals surface area contributed by atoms with Gasteiger partial charge in [-0.3, -0.25) is 0 Å². The van der Waals surface area contributed by atoms with E-state index in [9.17, 15) is 0 Å². The van der Waals surface area contributed by atoms with E-state index in [1.165, 1.54) is 4.73 Å². The van der Waals surface area contributed by atoms with Crippen LogP contribution in [0.4, 0.5) is 0 Å². The standard InChI is InChI=1S/3C3H7.C2H5.Ti/c3*1-3-2;1-2;/h3*3H,1-2H3;1H2,2H3;. The second-order valence-corrected chi connectivity index (χ2v) is 14.9. The summed E-state index contributed by atoms with van der Waals surface area (Å²) in [7, 11) is 0. The predicted octanol–water partition coefficient (Wildman–Crippen LogP) is 5.06. The van der Waals surface area contributed by atoms with Gasteiger partial charge in [-0.25, -0.2) is 0 Å². The van der Waals surface area contributed by atoms with Crippen LogP contribution in [0, 0.1) is 0 Å². The molecule has 0 aromatic heterocycles. The van der Waals surface area contributed by atoms with Crippen LogP contribution in [-0.4, -0.2) is 0 Å². The summed E-state index contributed by atoms with van der Waals surface area (Å²) in [6, 6.07) is 0. The summed E-state index contributed by atoms with van der Waals surface area (Å²) in [6.45, 7) is 17.1. The van der Waals surface area contributed by atoms with Crippen molar-refractivity contribution in [1.82, 2.24) is 0 Å². The third-order valence-electron chi connectivity index (χ3n) is 3.84. The maximum absolute atomic E-state index is 2.45. The van der Waals surface area contributed by atoms with Crippen LogP contribution >= 0.6 is 0 Å². The molecule has 1 heteroatoms. The van der Waals surface area contributed by atoms with Gasteiger partial charge in [-0.05, 0) is 0 Å². The summed E-state index contributed by atoms with van der Waals surface area (Å²) >= 11 is -1.54. The van der Waals surface area contributed by atoms with Gasteiger partial charge in [0.05, 0.1) is 0 Å². The van der Waals surface area contributed by atoms with Crippen molar-refractivity contribution in [2.75, 3.05) is 0 Å². The van der Waals surface area contributed by atoms with Crippen molar-refractivity contribution < 1.29 is 16.6 Å². The summed E-state index contributed by atoms with van der Waals surface area (Å²) in [6.07, 6.45) is 0. The Labute approximate surface area is 82.5 Å². The van der Waals surface area contributed by atoms with Gasteiger partial charge in [-0.15, -0.1) is 0 Å². The Morgan fingerprint density at radius 3 is 1.00 bits per heavy atom. The Kier molecular flexibility index (Phi) is 5.10. The molecule has 0 atom stereocenters. The van der Waals surface area contributed by atoms with E-state index >= 15 is 0 Å². The Hall–Kier alpha value is 0.714. The quantitative estimate of drug-likeness (QED) is 0.563. The molecule has 0 nitrogen and oxygen atoms in total. The van der Waals surface area contributed by atoms with Crippen LogP contribution in [0.25, 0.3) is 0 Å². The zero-order valence-electron chi connectivity index (χ0n) is 9.94. The van der Waals surface area contributed by atoms with E-state index in [-0.39, 0.29) is 0 Å². The number of rotatable bonds is 4. The summed E-state index contributed by atoms with van der Waals surface area (Å²) in [4.78, 5) is 0. The van der Waals surface area contributed by atoms with Crippen molar-refractivity contribution in [1.29, 1.82) is 0 Å². The average Bonchev–Trinajstić information content (AvgIpc) is 1.86. The average molecular weight is 206 g/mol. The van der Waals surface area contributed by atoms with Crippen LogP contribution in [0.5, 0.6) is 0 Å². The molecular formula is C11H26Ti. The van der Waals surface area contributed by atoms with Crippen LogP contribution in [-0.2, 0) is 16.6 Å². The Morgan fingerprint density at radius 1 is 0.750 bits per heavy atom. The topological polar surface area (TPSA) is 0 Å². The van der Waals surface area contributed by atoms with E-state index in [1.54, 1.807) is 0 Å². The monoisotopic (exact) mass is 206 g/mol. The molecule has 0 saturated heterocycles. The minimum absolute atomic E-state index is 0.981.